The zero-order chi connectivity index (χ0) is 12.8. The van der Waals surface area contributed by atoms with E-state index in [1.54, 1.807) is 19.2 Å². The van der Waals surface area contributed by atoms with E-state index in [2.05, 4.69) is 15.0 Å². The van der Waals surface area contributed by atoms with Crippen molar-refractivity contribution in [1.29, 1.82) is 0 Å². The number of hydrogen-bond donors (Lipinski definition) is 1. The molecule has 0 unspecified atom stereocenters. The van der Waals surface area contributed by atoms with Crippen LogP contribution in [0.25, 0.3) is 0 Å². The van der Waals surface area contributed by atoms with Gasteiger partial charge in [0.2, 0.25) is 0 Å². The highest BCUT2D eigenvalue weighted by molar-refractivity contribution is 7.13. The zero-order valence-electron chi connectivity index (χ0n) is 9.85. The number of nitrogens with one attached hydrogen (secondary N) is 1. The van der Waals surface area contributed by atoms with Gasteiger partial charge in [-0.2, -0.15) is 0 Å². The number of nitrogens with zero attached hydrogens (tertiary/aromatic N) is 1. The van der Waals surface area contributed by atoms with Gasteiger partial charge in [-0.05, 0) is 13.8 Å². The van der Waals surface area contributed by atoms with E-state index in [-0.39, 0.29) is 18.5 Å². The van der Waals surface area contributed by atoms with Gasteiger partial charge in [-0.1, -0.05) is 0 Å². The first-order chi connectivity index (χ1) is 8.01. The molecule has 1 amide bonds. The Balaban J connectivity index is 2.51. The van der Waals surface area contributed by atoms with Crippen LogP contribution in [0.15, 0.2) is 5.38 Å². The number of anilines is 1. The van der Waals surface area contributed by atoms with Gasteiger partial charge in [0.1, 0.15) is 0 Å². The van der Waals surface area contributed by atoms with Crippen LogP contribution in [0.1, 0.15) is 19.5 Å². The number of thiazole rings is 1. The summed E-state index contributed by atoms with van der Waals surface area (Å²) >= 11 is 1.23. The second-order valence-corrected chi connectivity index (χ2v) is 4.33. The van der Waals surface area contributed by atoms with Crippen molar-refractivity contribution >= 4 is 28.5 Å². The van der Waals surface area contributed by atoms with E-state index in [1.807, 2.05) is 0 Å². The minimum absolute atomic E-state index is 0.0912. The van der Waals surface area contributed by atoms with Crippen molar-refractivity contribution in [3.63, 3.8) is 0 Å². The zero-order valence-corrected chi connectivity index (χ0v) is 10.7. The van der Waals surface area contributed by atoms with Gasteiger partial charge in [0.15, 0.2) is 5.13 Å². The number of aromatic nitrogens is 1. The fraction of sp³-hybridized carbons (Fsp3) is 0.500. The van der Waals surface area contributed by atoms with Gasteiger partial charge in [-0.3, -0.25) is 10.1 Å². The topological polar surface area (TPSA) is 77.5 Å². The third-order valence-electron chi connectivity index (χ3n) is 1.66. The molecule has 7 heteroatoms. The van der Waals surface area contributed by atoms with Crippen LogP contribution in [0.3, 0.4) is 0 Å². The van der Waals surface area contributed by atoms with E-state index in [4.69, 9.17) is 4.74 Å². The fourth-order valence-corrected chi connectivity index (χ4v) is 1.69. The van der Waals surface area contributed by atoms with Crippen LogP contribution < -0.4 is 5.32 Å². The van der Waals surface area contributed by atoms with Crippen LogP contribution in [-0.2, 0) is 20.7 Å². The lowest BCUT2D eigenvalue weighted by molar-refractivity contribution is -0.139. The quantitative estimate of drug-likeness (QED) is 0.833. The molecule has 94 valence electrons. The summed E-state index contributed by atoms with van der Waals surface area (Å²) in [6, 6.07) is 0. The third kappa shape index (κ3) is 4.81. The molecule has 6 nitrogen and oxygen atoms in total. The average Bonchev–Trinajstić information content (AvgIpc) is 2.63. The highest BCUT2D eigenvalue weighted by Gasteiger charge is 2.11. The second-order valence-electron chi connectivity index (χ2n) is 3.48. The van der Waals surface area contributed by atoms with E-state index in [0.29, 0.717) is 10.8 Å². The maximum Gasteiger partial charge on any atom is 0.413 e. The first-order valence-electron chi connectivity index (χ1n) is 5.00. The van der Waals surface area contributed by atoms with Crippen molar-refractivity contribution in [2.45, 2.75) is 26.4 Å². The summed E-state index contributed by atoms with van der Waals surface area (Å²) in [6.07, 6.45) is -0.656. The van der Waals surface area contributed by atoms with Crippen molar-refractivity contribution in [3.05, 3.63) is 11.1 Å². The molecule has 1 aromatic rings. The predicted molar refractivity (Wildman–Crippen MR) is 63.1 cm³/mol. The third-order valence-corrected chi connectivity index (χ3v) is 2.46. The number of amides is 1. The molecule has 0 fully saturated rings. The van der Waals surface area contributed by atoms with Gasteiger partial charge >= 0.3 is 12.1 Å². The molecule has 0 radical (unpaired) electrons. The van der Waals surface area contributed by atoms with Crippen LogP contribution in [0.5, 0.6) is 0 Å². The van der Waals surface area contributed by atoms with Gasteiger partial charge in [0.05, 0.1) is 25.3 Å². The molecule has 0 aliphatic heterocycles. The SMILES string of the molecule is COC(=O)Cc1csc(NC(=O)OC(C)C)n1. The minimum atomic E-state index is -0.557. The fourth-order valence-electron chi connectivity index (χ4n) is 0.996. The molecule has 0 saturated heterocycles. The van der Waals surface area contributed by atoms with Gasteiger partial charge in [-0.15, -0.1) is 11.3 Å². The van der Waals surface area contributed by atoms with Crippen molar-refractivity contribution in [2.75, 3.05) is 12.4 Å². The number of hydrogen-bond acceptors (Lipinski definition) is 6. The van der Waals surface area contributed by atoms with E-state index >= 15 is 0 Å². The lowest BCUT2D eigenvalue weighted by Crippen LogP contribution is -2.17. The van der Waals surface area contributed by atoms with Crippen molar-refractivity contribution in [1.82, 2.24) is 4.98 Å². The normalized spacial score (nSPS) is 10.1. The van der Waals surface area contributed by atoms with Crippen LogP contribution in [0.2, 0.25) is 0 Å². The molecule has 0 spiro atoms. The number of ether oxygens (including phenoxy) is 2. The maximum absolute atomic E-state index is 11.3. The van der Waals surface area contributed by atoms with Crippen LogP contribution in [0, 0.1) is 0 Å². The highest BCUT2D eigenvalue weighted by atomic mass is 32.1. The Morgan fingerprint density at radius 1 is 1.53 bits per heavy atom. The summed E-state index contributed by atoms with van der Waals surface area (Å²) in [7, 11) is 1.31. The Bertz CT molecular complexity index is 403. The summed E-state index contributed by atoms with van der Waals surface area (Å²) in [5, 5.41) is 4.56. The lowest BCUT2D eigenvalue weighted by atomic mass is 10.3. The Morgan fingerprint density at radius 3 is 2.82 bits per heavy atom. The van der Waals surface area contributed by atoms with Gasteiger partial charge in [0, 0.05) is 5.38 Å². The molecule has 0 aliphatic carbocycles. The van der Waals surface area contributed by atoms with Crippen molar-refractivity contribution in [3.8, 4) is 0 Å². The Hall–Kier alpha value is -1.63. The monoisotopic (exact) mass is 258 g/mol. The standard InChI is InChI=1S/C10H14N2O4S/c1-6(2)16-10(14)12-9-11-7(5-17-9)4-8(13)15-3/h5-6H,4H2,1-3H3,(H,11,12,14). The molecule has 17 heavy (non-hydrogen) atoms. The second kappa shape index (κ2) is 6.19. The van der Waals surface area contributed by atoms with Crippen LogP contribution >= 0.6 is 11.3 Å². The summed E-state index contributed by atoms with van der Waals surface area (Å²) in [5.41, 5.74) is 0.557. The lowest BCUT2D eigenvalue weighted by Gasteiger charge is -2.06. The summed E-state index contributed by atoms with van der Waals surface area (Å²) in [5.74, 6) is -0.369. The first kappa shape index (κ1) is 13.4. The first-order valence-corrected chi connectivity index (χ1v) is 5.88. The summed E-state index contributed by atoms with van der Waals surface area (Å²) in [6.45, 7) is 3.51. The Kier molecular flexibility index (Phi) is 4.89. The van der Waals surface area contributed by atoms with Crippen molar-refractivity contribution < 1.29 is 19.1 Å². The average molecular weight is 258 g/mol. The molecule has 1 heterocycles. The Morgan fingerprint density at radius 2 is 2.24 bits per heavy atom. The molecule has 1 N–H and O–H groups in total. The molecule has 0 saturated carbocycles. The maximum atomic E-state index is 11.3. The predicted octanol–water partition coefficient (Wildman–Crippen LogP) is 1.82. The number of esters is 1. The van der Waals surface area contributed by atoms with Crippen LogP contribution in [0.4, 0.5) is 9.93 Å². The number of methoxy groups -OCH3 is 1. The molecule has 0 bridgehead atoms. The number of carbonyl (C=O) groups is 2. The minimum Gasteiger partial charge on any atom is -0.469 e. The van der Waals surface area contributed by atoms with E-state index in [0.717, 1.165) is 0 Å². The molecule has 0 aromatic carbocycles. The summed E-state index contributed by atoms with van der Waals surface area (Å²) in [4.78, 5) is 26.3. The van der Waals surface area contributed by atoms with Crippen LogP contribution in [-0.4, -0.2) is 30.3 Å². The molecule has 0 atom stereocenters. The van der Waals surface area contributed by atoms with E-state index < -0.39 is 6.09 Å². The molecular weight excluding hydrogens is 244 g/mol. The summed E-state index contributed by atoms with van der Waals surface area (Å²) < 4.78 is 9.40. The van der Waals surface area contributed by atoms with Gasteiger partial charge in [0.25, 0.3) is 0 Å². The van der Waals surface area contributed by atoms with Gasteiger partial charge < -0.3 is 9.47 Å². The van der Waals surface area contributed by atoms with E-state index in [9.17, 15) is 9.59 Å². The number of carbonyl (C=O) groups excluding carboxylic acids is 2. The molecule has 1 rings (SSSR count). The smallest absolute Gasteiger partial charge is 0.413 e. The number of rotatable bonds is 4. The molecule has 0 aliphatic rings. The molecule has 1 aromatic heterocycles. The molecular formula is C10H14N2O4S. The Labute approximate surface area is 103 Å². The van der Waals surface area contributed by atoms with Crippen molar-refractivity contribution in [2.24, 2.45) is 0 Å². The largest absolute Gasteiger partial charge is 0.469 e. The van der Waals surface area contributed by atoms with Gasteiger partial charge in [-0.25, -0.2) is 9.78 Å². The highest BCUT2D eigenvalue weighted by Crippen LogP contribution is 2.16. The van der Waals surface area contributed by atoms with E-state index in [1.165, 1.54) is 18.4 Å².